The fraction of sp³-hybridized carbons (Fsp3) is 0.462. The minimum absolute atomic E-state index is 0.212. The molecule has 0 aromatic carbocycles. The van der Waals surface area contributed by atoms with Gasteiger partial charge in [0.25, 0.3) is 0 Å². The van der Waals surface area contributed by atoms with Gasteiger partial charge in [0.2, 0.25) is 11.9 Å². The van der Waals surface area contributed by atoms with Crippen molar-refractivity contribution >= 4 is 28.8 Å². The highest BCUT2D eigenvalue weighted by atomic mass is 16.1. The lowest BCUT2D eigenvalue weighted by atomic mass is 10.2. The maximum absolute atomic E-state index is 10.9. The summed E-state index contributed by atoms with van der Waals surface area (Å²) in [6.07, 6.45) is 5.71. The molecule has 0 aliphatic carbocycles. The zero-order valence-electron chi connectivity index (χ0n) is 11.6. The molecular formula is C13H17N5O2. The molecule has 0 atom stereocenters. The Morgan fingerprint density at radius 1 is 1.25 bits per heavy atom. The van der Waals surface area contributed by atoms with E-state index in [0.29, 0.717) is 12.1 Å². The Labute approximate surface area is 116 Å². The van der Waals surface area contributed by atoms with Gasteiger partial charge in [-0.05, 0) is 19.8 Å². The molecule has 2 aromatic heterocycles. The molecule has 2 aromatic rings. The predicted octanol–water partition coefficient (Wildman–Crippen LogP) is 1.54. The summed E-state index contributed by atoms with van der Waals surface area (Å²) in [7, 11) is 0. The first-order valence-electron chi connectivity index (χ1n) is 6.51. The number of hydrogen-bond acceptors (Lipinski definition) is 5. The molecule has 0 aliphatic heterocycles. The number of Topliss-reactive ketones (excluding diaryl/α,β-unsaturated/α-hetero) is 1. The summed E-state index contributed by atoms with van der Waals surface area (Å²) in [6, 6.07) is 0. The van der Waals surface area contributed by atoms with Crippen molar-refractivity contribution in [3.63, 3.8) is 0 Å². The molecule has 0 spiro atoms. The standard InChI is InChI=1S/C13H17N5O2/c1-9(19)5-3-4-6-18-8-15-12-11(18)7-14-13(17-12)16-10(2)20/h7-8H,3-6H2,1-2H3,(H,14,16,17,20). The Bertz CT molecular complexity index is 635. The van der Waals surface area contributed by atoms with Crippen LogP contribution in [0.15, 0.2) is 12.5 Å². The molecule has 0 saturated heterocycles. The molecule has 7 nitrogen and oxygen atoms in total. The average molecular weight is 275 g/mol. The summed E-state index contributed by atoms with van der Waals surface area (Å²) < 4.78 is 1.95. The predicted molar refractivity (Wildman–Crippen MR) is 74.2 cm³/mol. The first kappa shape index (κ1) is 14.1. The van der Waals surface area contributed by atoms with Crippen LogP contribution in [0.25, 0.3) is 11.2 Å². The summed E-state index contributed by atoms with van der Waals surface area (Å²) >= 11 is 0. The minimum atomic E-state index is -0.215. The van der Waals surface area contributed by atoms with E-state index in [0.717, 1.165) is 24.9 Å². The van der Waals surface area contributed by atoms with Crippen LogP contribution in [0.4, 0.5) is 5.95 Å². The van der Waals surface area contributed by atoms with Gasteiger partial charge in [0.1, 0.15) is 11.3 Å². The van der Waals surface area contributed by atoms with Crippen LogP contribution in [-0.4, -0.2) is 31.2 Å². The number of unbranched alkanes of at least 4 members (excludes halogenated alkanes) is 1. The number of carbonyl (C=O) groups excluding carboxylic acids is 2. The van der Waals surface area contributed by atoms with Crippen molar-refractivity contribution in [2.75, 3.05) is 5.32 Å². The second-order valence-corrected chi connectivity index (χ2v) is 4.68. The van der Waals surface area contributed by atoms with Gasteiger partial charge in [-0.3, -0.25) is 10.1 Å². The summed E-state index contributed by atoms with van der Waals surface area (Å²) in [4.78, 5) is 34.2. The SMILES string of the molecule is CC(=O)CCCCn1cnc2nc(NC(C)=O)ncc21. The Morgan fingerprint density at radius 2 is 2.05 bits per heavy atom. The Morgan fingerprint density at radius 3 is 2.75 bits per heavy atom. The number of nitrogens with zero attached hydrogens (tertiary/aromatic N) is 4. The van der Waals surface area contributed by atoms with E-state index < -0.39 is 0 Å². The number of anilines is 1. The van der Waals surface area contributed by atoms with Gasteiger partial charge in [-0.2, -0.15) is 4.98 Å². The topological polar surface area (TPSA) is 89.8 Å². The molecule has 0 fully saturated rings. The van der Waals surface area contributed by atoms with E-state index in [1.807, 2.05) is 4.57 Å². The fourth-order valence-electron chi connectivity index (χ4n) is 1.90. The molecule has 0 radical (unpaired) electrons. The van der Waals surface area contributed by atoms with Crippen LogP contribution in [-0.2, 0) is 16.1 Å². The van der Waals surface area contributed by atoms with Crippen molar-refractivity contribution in [3.05, 3.63) is 12.5 Å². The highest BCUT2D eigenvalue weighted by molar-refractivity contribution is 5.87. The number of aromatic nitrogens is 4. The van der Waals surface area contributed by atoms with Crippen LogP contribution in [0.1, 0.15) is 33.1 Å². The second kappa shape index (κ2) is 6.23. The molecule has 7 heteroatoms. The van der Waals surface area contributed by atoms with Crippen LogP contribution in [0.5, 0.6) is 0 Å². The number of rotatable bonds is 6. The van der Waals surface area contributed by atoms with E-state index in [9.17, 15) is 9.59 Å². The smallest absolute Gasteiger partial charge is 0.231 e. The lowest BCUT2D eigenvalue weighted by Gasteiger charge is -2.04. The number of carbonyl (C=O) groups is 2. The van der Waals surface area contributed by atoms with Crippen molar-refractivity contribution in [1.29, 1.82) is 0 Å². The summed E-state index contributed by atoms with van der Waals surface area (Å²) in [5.41, 5.74) is 1.37. The number of ketones is 1. The Balaban J connectivity index is 2.04. The third-order valence-electron chi connectivity index (χ3n) is 2.84. The maximum atomic E-state index is 10.9. The molecule has 1 amide bonds. The van der Waals surface area contributed by atoms with Crippen LogP contribution in [0.3, 0.4) is 0 Å². The number of aryl methyl sites for hydroxylation is 1. The lowest BCUT2D eigenvalue weighted by molar-refractivity contribution is -0.117. The maximum Gasteiger partial charge on any atom is 0.231 e. The lowest BCUT2D eigenvalue weighted by Crippen LogP contribution is -2.09. The van der Waals surface area contributed by atoms with Gasteiger partial charge in [-0.15, -0.1) is 0 Å². The highest BCUT2D eigenvalue weighted by Crippen LogP contribution is 2.12. The van der Waals surface area contributed by atoms with Gasteiger partial charge in [0, 0.05) is 19.9 Å². The van der Waals surface area contributed by atoms with Crippen molar-refractivity contribution in [2.45, 2.75) is 39.7 Å². The number of hydrogen-bond donors (Lipinski definition) is 1. The third kappa shape index (κ3) is 3.59. The molecule has 2 rings (SSSR count). The van der Waals surface area contributed by atoms with Crippen molar-refractivity contribution in [3.8, 4) is 0 Å². The second-order valence-electron chi connectivity index (χ2n) is 4.68. The van der Waals surface area contributed by atoms with Crippen LogP contribution in [0, 0.1) is 0 Å². The highest BCUT2D eigenvalue weighted by Gasteiger charge is 2.07. The Hall–Kier alpha value is -2.31. The molecule has 20 heavy (non-hydrogen) atoms. The van der Waals surface area contributed by atoms with Gasteiger partial charge in [0.05, 0.1) is 12.5 Å². The third-order valence-corrected chi connectivity index (χ3v) is 2.84. The van der Waals surface area contributed by atoms with Crippen LogP contribution in [0.2, 0.25) is 0 Å². The van der Waals surface area contributed by atoms with E-state index in [4.69, 9.17) is 0 Å². The molecule has 0 unspecified atom stereocenters. The molecule has 0 aliphatic rings. The first-order valence-corrected chi connectivity index (χ1v) is 6.51. The van der Waals surface area contributed by atoms with E-state index in [1.54, 1.807) is 19.4 Å². The first-order chi connectivity index (χ1) is 9.56. The molecule has 106 valence electrons. The number of nitrogens with one attached hydrogen (secondary N) is 1. The van der Waals surface area contributed by atoms with Crippen LogP contribution < -0.4 is 5.32 Å². The fourth-order valence-corrected chi connectivity index (χ4v) is 1.90. The van der Waals surface area contributed by atoms with E-state index in [-0.39, 0.29) is 17.6 Å². The zero-order valence-corrected chi connectivity index (χ0v) is 11.6. The summed E-state index contributed by atoms with van der Waals surface area (Å²) in [5, 5.41) is 2.52. The molecule has 2 heterocycles. The molecule has 1 N–H and O–H groups in total. The van der Waals surface area contributed by atoms with Gasteiger partial charge in [-0.1, -0.05) is 0 Å². The number of fused-ring (bicyclic) bond motifs is 1. The quantitative estimate of drug-likeness (QED) is 0.808. The number of imidazole rings is 1. The monoisotopic (exact) mass is 275 g/mol. The molecule has 0 bridgehead atoms. The van der Waals surface area contributed by atoms with Gasteiger partial charge in [-0.25, -0.2) is 9.97 Å². The van der Waals surface area contributed by atoms with Gasteiger partial charge in [0.15, 0.2) is 5.65 Å². The summed E-state index contributed by atoms with van der Waals surface area (Å²) in [5.74, 6) is 0.253. The average Bonchev–Trinajstić information content (AvgIpc) is 2.76. The van der Waals surface area contributed by atoms with Crippen molar-refractivity contribution < 1.29 is 9.59 Å². The van der Waals surface area contributed by atoms with Gasteiger partial charge >= 0.3 is 0 Å². The van der Waals surface area contributed by atoms with E-state index in [2.05, 4.69) is 20.3 Å². The molecular weight excluding hydrogens is 258 g/mol. The van der Waals surface area contributed by atoms with E-state index in [1.165, 1.54) is 6.92 Å². The van der Waals surface area contributed by atoms with E-state index >= 15 is 0 Å². The minimum Gasteiger partial charge on any atom is -0.328 e. The zero-order chi connectivity index (χ0) is 14.5. The van der Waals surface area contributed by atoms with Gasteiger partial charge < -0.3 is 9.36 Å². The number of amides is 1. The van der Waals surface area contributed by atoms with Crippen LogP contribution >= 0.6 is 0 Å². The molecule has 0 saturated carbocycles. The normalized spacial score (nSPS) is 10.7. The largest absolute Gasteiger partial charge is 0.328 e. The summed E-state index contributed by atoms with van der Waals surface area (Å²) in [6.45, 7) is 3.78. The van der Waals surface area contributed by atoms with Crippen molar-refractivity contribution in [1.82, 2.24) is 19.5 Å². The van der Waals surface area contributed by atoms with Crippen molar-refractivity contribution in [2.24, 2.45) is 0 Å². The Kier molecular flexibility index (Phi) is 4.39.